The monoisotopic (exact) mass is 309 g/mol. The minimum absolute atomic E-state index is 0.0729. The van der Waals surface area contributed by atoms with Crippen molar-refractivity contribution in [2.75, 3.05) is 26.0 Å². The SMILES string of the molecule is COc1ccc(SCC(=O)N2CCC(CC(=O)O)C2)cc1. The van der Waals surface area contributed by atoms with Gasteiger partial charge in [-0.2, -0.15) is 0 Å². The van der Waals surface area contributed by atoms with Gasteiger partial charge in [0.15, 0.2) is 0 Å². The topological polar surface area (TPSA) is 66.8 Å². The molecule has 1 saturated heterocycles. The van der Waals surface area contributed by atoms with Gasteiger partial charge in [-0.05, 0) is 36.6 Å². The standard InChI is InChI=1S/C15H19NO4S/c1-20-12-2-4-13(5-3-12)21-10-14(17)16-7-6-11(9-16)8-15(18)19/h2-5,11H,6-10H2,1H3,(H,18,19). The molecule has 5 nitrogen and oxygen atoms in total. The molecule has 1 aromatic rings. The highest BCUT2D eigenvalue weighted by Crippen LogP contribution is 2.24. The lowest BCUT2D eigenvalue weighted by Crippen LogP contribution is -2.30. The summed E-state index contributed by atoms with van der Waals surface area (Å²) in [6.45, 7) is 1.23. The number of hydrogen-bond acceptors (Lipinski definition) is 4. The molecule has 2 rings (SSSR count). The van der Waals surface area contributed by atoms with Crippen LogP contribution in [0, 0.1) is 5.92 Å². The van der Waals surface area contributed by atoms with E-state index in [0.29, 0.717) is 18.8 Å². The molecule has 0 aliphatic carbocycles. The molecule has 1 amide bonds. The fourth-order valence-corrected chi connectivity index (χ4v) is 3.18. The molecule has 0 spiro atoms. The van der Waals surface area contributed by atoms with E-state index in [1.165, 1.54) is 11.8 Å². The van der Waals surface area contributed by atoms with Gasteiger partial charge >= 0.3 is 5.97 Å². The summed E-state index contributed by atoms with van der Waals surface area (Å²) in [4.78, 5) is 25.6. The quantitative estimate of drug-likeness (QED) is 0.815. The fourth-order valence-electron chi connectivity index (χ4n) is 2.38. The van der Waals surface area contributed by atoms with Crippen LogP contribution in [0.3, 0.4) is 0 Å². The van der Waals surface area contributed by atoms with Crippen LogP contribution in [0.5, 0.6) is 5.75 Å². The number of nitrogens with zero attached hydrogens (tertiary/aromatic N) is 1. The second kappa shape index (κ2) is 7.36. The number of carboxylic acid groups (broad SMARTS) is 1. The summed E-state index contributed by atoms with van der Waals surface area (Å²) in [5.74, 6) is 0.552. The van der Waals surface area contributed by atoms with E-state index in [-0.39, 0.29) is 18.2 Å². The second-order valence-corrected chi connectivity index (χ2v) is 6.11. The van der Waals surface area contributed by atoms with Crippen LogP contribution >= 0.6 is 11.8 Å². The number of carbonyl (C=O) groups excluding carboxylic acids is 1. The summed E-state index contributed by atoms with van der Waals surface area (Å²) < 4.78 is 5.09. The van der Waals surface area contributed by atoms with Crippen molar-refractivity contribution in [3.05, 3.63) is 24.3 Å². The van der Waals surface area contributed by atoms with Gasteiger partial charge in [0.05, 0.1) is 12.9 Å². The smallest absolute Gasteiger partial charge is 0.303 e. The third kappa shape index (κ3) is 4.67. The van der Waals surface area contributed by atoms with Crippen molar-refractivity contribution in [2.45, 2.75) is 17.7 Å². The number of hydrogen-bond donors (Lipinski definition) is 1. The van der Waals surface area contributed by atoms with Crippen molar-refractivity contribution in [1.82, 2.24) is 4.90 Å². The number of carboxylic acids is 1. The third-order valence-corrected chi connectivity index (χ3v) is 4.52. The number of carbonyl (C=O) groups is 2. The number of methoxy groups -OCH3 is 1. The Balaban J connectivity index is 1.78. The highest BCUT2D eigenvalue weighted by Gasteiger charge is 2.27. The number of rotatable bonds is 6. The highest BCUT2D eigenvalue weighted by molar-refractivity contribution is 8.00. The minimum Gasteiger partial charge on any atom is -0.497 e. The van der Waals surface area contributed by atoms with Crippen LogP contribution in [0.1, 0.15) is 12.8 Å². The average Bonchev–Trinajstić information content (AvgIpc) is 2.93. The summed E-state index contributed by atoms with van der Waals surface area (Å²) in [6, 6.07) is 7.58. The molecule has 0 radical (unpaired) electrons. The molecule has 1 aliphatic rings. The predicted molar refractivity (Wildman–Crippen MR) is 80.7 cm³/mol. The van der Waals surface area contributed by atoms with Crippen molar-refractivity contribution < 1.29 is 19.4 Å². The number of thioether (sulfide) groups is 1. The predicted octanol–water partition coefficient (Wildman–Crippen LogP) is 2.11. The van der Waals surface area contributed by atoms with Crippen molar-refractivity contribution in [2.24, 2.45) is 5.92 Å². The van der Waals surface area contributed by atoms with Crippen LogP contribution in [0.4, 0.5) is 0 Å². The molecule has 114 valence electrons. The van der Waals surface area contributed by atoms with Gasteiger partial charge in [-0.15, -0.1) is 11.8 Å². The maximum Gasteiger partial charge on any atom is 0.303 e. The minimum atomic E-state index is -0.790. The number of ether oxygens (including phenoxy) is 1. The van der Waals surface area contributed by atoms with Gasteiger partial charge in [-0.3, -0.25) is 9.59 Å². The number of benzene rings is 1. The molecule has 1 aromatic carbocycles. The fraction of sp³-hybridized carbons (Fsp3) is 0.467. The highest BCUT2D eigenvalue weighted by atomic mass is 32.2. The molecular weight excluding hydrogens is 290 g/mol. The second-order valence-electron chi connectivity index (χ2n) is 5.06. The summed E-state index contributed by atoms with van der Waals surface area (Å²) in [6.07, 6.45) is 0.931. The molecule has 0 saturated carbocycles. The van der Waals surface area contributed by atoms with E-state index < -0.39 is 5.97 Å². The Morgan fingerprint density at radius 3 is 2.71 bits per heavy atom. The molecule has 0 aromatic heterocycles. The van der Waals surface area contributed by atoms with Crippen LogP contribution in [-0.2, 0) is 9.59 Å². The van der Waals surface area contributed by atoms with Gasteiger partial charge in [0.25, 0.3) is 0 Å². The van der Waals surface area contributed by atoms with Gasteiger partial charge in [0, 0.05) is 24.4 Å². The lowest BCUT2D eigenvalue weighted by molar-refractivity contribution is -0.138. The lowest BCUT2D eigenvalue weighted by atomic mass is 10.1. The molecule has 1 heterocycles. The number of likely N-dealkylation sites (tertiary alicyclic amines) is 1. The summed E-state index contributed by atoms with van der Waals surface area (Å²) in [7, 11) is 1.62. The number of amides is 1. The zero-order valence-electron chi connectivity index (χ0n) is 11.9. The molecule has 0 bridgehead atoms. The molecule has 1 unspecified atom stereocenters. The molecule has 1 fully saturated rings. The van der Waals surface area contributed by atoms with Gasteiger partial charge in [-0.25, -0.2) is 0 Å². The van der Waals surface area contributed by atoms with Crippen molar-refractivity contribution in [3.8, 4) is 5.75 Å². The Kier molecular flexibility index (Phi) is 5.50. The lowest BCUT2D eigenvalue weighted by Gasteiger charge is -2.16. The Labute approximate surface area is 128 Å². The van der Waals surface area contributed by atoms with Crippen molar-refractivity contribution in [3.63, 3.8) is 0 Å². The van der Waals surface area contributed by atoms with E-state index in [1.807, 2.05) is 24.3 Å². The zero-order valence-corrected chi connectivity index (χ0v) is 12.8. The Bertz CT molecular complexity index is 503. The Hall–Kier alpha value is -1.69. The van der Waals surface area contributed by atoms with Gasteiger partial charge in [0.1, 0.15) is 5.75 Å². The first-order chi connectivity index (χ1) is 10.1. The molecule has 21 heavy (non-hydrogen) atoms. The average molecular weight is 309 g/mol. The van der Waals surface area contributed by atoms with Crippen molar-refractivity contribution >= 4 is 23.6 Å². The van der Waals surface area contributed by atoms with Gasteiger partial charge < -0.3 is 14.7 Å². The van der Waals surface area contributed by atoms with Gasteiger partial charge in [-0.1, -0.05) is 0 Å². The van der Waals surface area contributed by atoms with E-state index in [2.05, 4.69) is 0 Å². The first-order valence-corrected chi connectivity index (χ1v) is 7.83. The molecule has 6 heteroatoms. The van der Waals surface area contributed by atoms with Crippen LogP contribution in [0.15, 0.2) is 29.2 Å². The first kappa shape index (κ1) is 15.7. The number of aliphatic carboxylic acids is 1. The normalized spacial score (nSPS) is 17.8. The zero-order chi connectivity index (χ0) is 15.2. The van der Waals surface area contributed by atoms with E-state index in [9.17, 15) is 9.59 Å². The van der Waals surface area contributed by atoms with Crippen LogP contribution in [0.2, 0.25) is 0 Å². The summed E-state index contributed by atoms with van der Waals surface area (Å²) in [5.41, 5.74) is 0. The molecule has 1 atom stereocenters. The van der Waals surface area contributed by atoms with Crippen LogP contribution in [-0.4, -0.2) is 47.8 Å². The molecular formula is C15H19NO4S. The largest absolute Gasteiger partial charge is 0.497 e. The Morgan fingerprint density at radius 1 is 1.38 bits per heavy atom. The Morgan fingerprint density at radius 2 is 2.10 bits per heavy atom. The van der Waals surface area contributed by atoms with Crippen molar-refractivity contribution in [1.29, 1.82) is 0 Å². The van der Waals surface area contributed by atoms with E-state index in [1.54, 1.807) is 12.0 Å². The summed E-state index contributed by atoms with van der Waals surface area (Å²) >= 11 is 1.49. The maximum atomic E-state index is 12.1. The van der Waals surface area contributed by atoms with Crippen LogP contribution in [0.25, 0.3) is 0 Å². The third-order valence-electron chi connectivity index (χ3n) is 3.52. The first-order valence-electron chi connectivity index (χ1n) is 6.85. The molecule has 1 N–H and O–H groups in total. The molecule has 1 aliphatic heterocycles. The summed E-state index contributed by atoms with van der Waals surface area (Å²) in [5, 5.41) is 8.78. The maximum absolute atomic E-state index is 12.1. The van der Waals surface area contributed by atoms with E-state index >= 15 is 0 Å². The van der Waals surface area contributed by atoms with Crippen LogP contribution < -0.4 is 4.74 Å². The van der Waals surface area contributed by atoms with Gasteiger partial charge in [0.2, 0.25) is 5.91 Å². The van der Waals surface area contributed by atoms with E-state index in [4.69, 9.17) is 9.84 Å². The van der Waals surface area contributed by atoms with E-state index in [0.717, 1.165) is 17.1 Å².